The van der Waals surface area contributed by atoms with Gasteiger partial charge in [-0.15, -0.1) is 0 Å². The van der Waals surface area contributed by atoms with Crippen molar-refractivity contribution >= 4 is 12.1 Å². The molecule has 0 spiro atoms. The number of carboxylic acid groups (broad SMARTS) is 1. The van der Waals surface area contributed by atoms with Crippen molar-refractivity contribution in [2.45, 2.75) is 45.1 Å². The number of rotatable bonds is 6. The summed E-state index contributed by atoms with van der Waals surface area (Å²) in [4.78, 5) is 27.3. The molecule has 1 amide bonds. The molecule has 2 heterocycles. The minimum atomic E-state index is -1.31. The van der Waals surface area contributed by atoms with Crippen molar-refractivity contribution in [3.8, 4) is 11.8 Å². The van der Waals surface area contributed by atoms with Crippen molar-refractivity contribution < 1.29 is 19.4 Å². The van der Waals surface area contributed by atoms with Crippen LogP contribution in [0, 0.1) is 17.8 Å². The Labute approximate surface area is 137 Å². The van der Waals surface area contributed by atoms with E-state index in [2.05, 4.69) is 16.7 Å². The molecule has 0 aromatic carbocycles. The van der Waals surface area contributed by atoms with Crippen molar-refractivity contribution in [1.82, 2.24) is 9.80 Å². The van der Waals surface area contributed by atoms with E-state index in [0.717, 1.165) is 26.1 Å². The number of carbonyl (C=O) groups excluding carboxylic acids is 1. The molecule has 0 aliphatic carbocycles. The van der Waals surface area contributed by atoms with Gasteiger partial charge in [0.05, 0.1) is 19.0 Å². The van der Waals surface area contributed by atoms with E-state index in [4.69, 9.17) is 9.84 Å². The molecule has 1 unspecified atom stereocenters. The molecule has 0 saturated carbocycles. The molecule has 2 aliphatic rings. The highest BCUT2D eigenvalue weighted by molar-refractivity contribution is 5.82. The zero-order chi connectivity index (χ0) is 16.7. The maximum absolute atomic E-state index is 12.4. The molecule has 2 rings (SSSR count). The smallest absolute Gasteiger partial charge is 0.450 e. The third-order valence-electron chi connectivity index (χ3n) is 4.51. The van der Waals surface area contributed by atoms with Gasteiger partial charge in [-0.05, 0) is 38.8 Å². The van der Waals surface area contributed by atoms with Crippen molar-refractivity contribution in [3.63, 3.8) is 0 Å². The van der Waals surface area contributed by atoms with Crippen LogP contribution in [0.15, 0.2) is 0 Å². The van der Waals surface area contributed by atoms with Gasteiger partial charge in [-0.2, -0.15) is 0 Å². The molecule has 0 radical (unpaired) electrons. The summed E-state index contributed by atoms with van der Waals surface area (Å²) in [5, 5.41) is 8.83. The lowest BCUT2D eigenvalue weighted by atomic mass is 9.97. The SMILES string of the molecule is CCCC(OC(=O)O)[C@H]1CCN(CC#CCN2CCCC2)C1=O. The third kappa shape index (κ3) is 5.14. The fourth-order valence-electron chi connectivity index (χ4n) is 3.28. The Morgan fingerprint density at radius 2 is 2.00 bits per heavy atom. The molecule has 23 heavy (non-hydrogen) atoms. The number of ether oxygens (including phenoxy) is 1. The number of hydrogen-bond acceptors (Lipinski definition) is 4. The first-order valence-corrected chi connectivity index (χ1v) is 8.48. The molecule has 1 N–H and O–H groups in total. The van der Waals surface area contributed by atoms with Crippen LogP contribution in [0.1, 0.15) is 39.0 Å². The lowest BCUT2D eigenvalue weighted by molar-refractivity contribution is -0.133. The lowest BCUT2D eigenvalue weighted by Gasteiger charge is -2.21. The van der Waals surface area contributed by atoms with Crippen LogP contribution in [0.5, 0.6) is 0 Å². The Morgan fingerprint density at radius 1 is 1.30 bits per heavy atom. The van der Waals surface area contributed by atoms with Gasteiger partial charge in [0.1, 0.15) is 6.10 Å². The minimum absolute atomic E-state index is 0.0276. The zero-order valence-electron chi connectivity index (χ0n) is 13.8. The summed E-state index contributed by atoms with van der Waals surface area (Å²) < 4.78 is 4.91. The van der Waals surface area contributed by atoms with Gasteiger partial charge in [0.15, 0.2) is 0 Å². The Kier molecular flexibility index (Phi) is 6.72. The Hall–Kier alpha value is -1.74. The van der Waals surface area contributed by atoms with E-state index in [1.165, 1.54) is 12.8 Å². The molecule has 128 valence electrons. The first-order valence-electron chi connectivity index (χ1n) is 8.48. The van der Waals surface area contributed by atoms with Crippen LogP contribution in [0.3, 0.4) is 0 Å². The standard InChI is InChI=1S/C17H26N2O4/c1-2-7-15(23-17(21)22)14-8-13-19(16(14)20)12-6-5-11-18-9-3-4-10-18/h14-15H,2-4,7-13H2,1H3,(H,21,22)/t14-,15?/m1/s1. The second kappa shape index (κ2) is 8.78. The number of carbonyl (C=O) groups is 2. The topological polar surface area (TPSA) is 70.1 Å². The van der Waals surface area contributed by atoms with Gasteiger partial charge < -0.3 is 14.7 Å². The van der Waals surface area contributed by atoms with Crippen LogP contribution in [0.4, 0.5) is 4.79 Å². The van der Waals surface area contributed by atoms with Crippen LogP contribution in [-0.4, -0.2) is 65.8 Å². The normalized spacial score (nSPS) is 22.7. The third-order valence-corrected chi connectivity index (χ3v) is 4.51. The van der Waals surface area contributed by atoms with Gasteiger partial charge >= 0.3 is 6.16 Å². The highest BCUT2D eigenvalue weighted by Gasteiger charge is 2.38. The number of likely N-dealkylation sites (tertiary alicyclic amines) is 2. The van der Waals surface area contributed by atoms with Gasteiger partial charge in [-0.1, -0.05) is 25.2 Å². The predicted molar refractivity (Wildman–Crippen MR) is 85.9 cm³/mol. The van der Waals surface area contributed by atoms with Crippen molar-refractivity contribution in [2.24, 2.45) is 5.92 Å². The first kappa shape index (κ1) is 17.6. The maximum Gasteiger partial charge on any atom is 0.506 e. The van der Waals surface area contributed by atoms with E-state index in [0.29, 0.717) is 25.9 Å². The van der Waals surface area contributed by atoms with E-state index in [1.54, 1.807) is 4.90 Å². The minimum Gasteiger partial charge on any atom is -0.450 e. The monoisotopic (exact) mass is 322 g/mol. The second-order valence-electron chi connectivity index (χ2n) is 6.20. The van der Waals surface area contributed by atoms with Crippen LogP contribution in [-0.2, 0) is 9.53 Å². The fourth-order valence-corrected chi connectivity index (χ4v) is 3.28. The van der Waals surface area contributed by atoms with Crippen LogP contribution >= 0.6 is 0 Å². The lowest BCUT2D eigenvalue weighted by Crippen LogP contribution is -2.35. The summed E-state index contributed by atoms with van der Waals surface area (Å²) in [6.07, 6.45) is 2.67. The number of amides is 1. The maximum atomic E-state index is 12.4. The highest BCUT2D eigenvalue weighted by atomic mass is 16.7. The van der Waals surface area contributed by atoms with Gasteiger partial charge in [-0.25, -0.2) is 4.79 Å². The summed E-state index contributed by atoms with van der Waals surface area (Å²) in [6.45, 7) is 6.01. The van der Waals surface area contributed by atoms with Crippen molar-refractivity contribution in [2.75, 3.05) is 32.7 Å². The van der Waals surface area contributed by atoms with Crippen molar-refractivity contribution in [3.05, 3.63) is 0 Å². The molecule has 0 bridgehead atoms. The Bertz CT molecular complexity index is 477. The van der Waals surface area contributed by atoms with Gasteiger partial charge in [0.25, 0.3) is 0 Å². The summed E-state index contributed by atoms with van der Waals surface area (Å²) >= 11 is 0. The van der Waals surface area contributed by atoms with Gasteiger partial charge in [-0.3, -0.25) is 9.69 Å². The Morgan fingerprint density at radius 3 is 2.65 bits per heavy atom. The van der Waals surface area contributed by atoms with E-state index in [9.17, 15) is 9.59 Å². The quantitative estimate of drug-likeness (QED) is 0.596. The highest BCUT2D eigenvalue weighted by Crippen LogP contribution is 2.26. The van der Waals surface area contributed by atoms with E-state index < -0.39 is 12.3 Å². The number of nitrogens with zero attached hydrogens (tertiary/aromatic N) is 2. The molecule has 0 aromatic heterocycles. The molecule has 2 aliphatic heterocycles. The van der Waals surface area contributed by atoms with Crippen molar-refractivity contribution in [1.29, 1.82) is 0 Å². The Balaban J connectivity index is 1.82. The van der Waals surface area contributed by atoms with Crippen LogP contribution in [0.2, 0.25) is 0 Å². The molecular formula is C17H26N2O4. The number of hydrogen-bond donors (Lipinski definition) is 1. The molecule has 2 fully saturated rings. The first-order chi connectivity index (χ1) is 11.1. The molecule has 2 atom stereocenters. The molecule has 6 heteroatoms. The van der Waals surface area contributed by atoms with E-state index >= 15 is 0 Å². The molecular weight excluding hydrogens is 296 g/mol. The van der Waals surface area contributed by atoms with Crippen LogP contribution in [0.25, 0.3) is 0 Å². The van der Waals surface area contributed by atoms with Gasteiger partial charge in [0.2, 0.25) is 5.91 Å². The zero-order valence-corrected chi connectivity index (χ0v) is 13.8. The van der Waals surface area contributed by atoms with E-state index in [-0.39, 0.29) is 11.8 Å². The summed E-state index contributed by atoms with van der Waals surface area (Å²) in [5.74, 6) is 5.82. The largest absolute Gasteiger partial charge is 0.506 e. The van der Waals surface area contributed by atoms with Gasteiger partial charge in [0, 0.05) is 6.54 Å². The fraction of sp³-hybridized carbons (Fsp3) is 0.765. The van der Waals surface area contributed by atoms with Crippen LogP contribution < -0.4 is 0 Å². The summed E-state index contributed by atoms with van der Waals surface area (Å²) in [5.41, 5.74) is 0. The van der Waals surface area contributed by atoms with E-state index in [1.807, 2.05) is 6.92 Å². The molecule has 0 aromatic rings. The predicted octanol–water partition coefficient (Wildman–Crippen LogP) is 1.80. The average Bonchev–Trinajstić information content (AvgIpc) is 3.13. The molecule has 6 nitrogen and oxygen atoms in total. The second-order valence-corrected chi connectivity index (χ2v) is 6.20. The summed E-state index contributed by atoms with van der Waals surface area (Å²) in [7, 11) is 0. The molecule has 2 saturated heterocycles. The average molecular weight is 322 g/mol. The summed E-state index contributed by atoms with van der Waals surface area (Å²) in [6, 6.07) is 0.